The van der Waals surface area contributed by atoms with Gasteiger partial charge in [-0.05, 0) is 36.1 Å². The van der Waals surface area contributed by atoms with Crippen molar-refractivity contribution in [2.75, 3.05) is 13.4 Å². The molecule has 0 bridgehead atoms. The van der Waals surface area contributed by atoms with Crippen LogP contribution in [0.1, 0.15) is 17.4 Å². The summed E-state index contributed by atoms with van der Waals surface area (Å²) in [6, 6.07) is 13.0. The Kier molecular flexibility index (Phi) is 6.20. The molecule has 1 atom stereocenters. The lowest BCUT2D eigenvalue weighted by atomic mass is 10.1. The maximum Gasteiger partial charge on any atom is 0.330 e. The average molecular weight is 399 g/mol. The van der Waals surface area contributed by atoms with Crippen LogP contribution >= 0.6 is 11.8 Å². The Morgan fingerprint density at radius 2 is 1.93 bits per heavy atom. The number of thioether (sulfide) groups is 1. The van der Waals surface area contributed by atoms with Crippen molar-refractivity contribution in [1.82, 2.24) is 14.9 Å². The molecule has 8 heteroatoms. The van der Waals surface area contributed by atoms with Crippen LogP contribution in [0.4, 0.5) is 0 Å². The molecule has 2 N–H and O–H groups in total. The number of aromatic nitrogens is 2. The molecule has 146 valence electrons. The van der Waals surface area contributed by atoms with Gasteiger partial charge in [-0.3, -0.25) is 4.79 Å². The summed E-state index contributed by atoms with van der Waals surface area (Å²) in [5.74, 6) is 0.529. The minimum absolute atomic E-state index is 0.00363. The lowest BCUT2D eigenvalue weighted by Crippen LogP contribution is -2.36. The number of rotatable bonds is 8. The second kappa shape index (κ2) is 8.79. The SMILES string of the molecule is COc1ccc(C(NC(=O)Cn2c(CSC)nc3ccccc32)C(=O)O)cc1. The Labute approximate surface area is 166 Å². The fourth-order valence-electron chi connectivity index (χ4n) is 2.98. The van der Waals surface area contributed by atoms with E-state index in [0.29, 0.717) is 17.1 Å². The van der Waals surface area contributed by atoms with Crippen molar-refractivity contribution >= 4 is 34.7 Å². The monoisotopic (exact) mass is 399 g/mol. The third-order valence-corrected chi connectivity index (χ3v) is 4.86. The maximum atomic E-state index is 12.7. The number of ether oxygens (including phenoxy) is 1. The molecule has 0 saturated carbocycles. The molecule has 1 aromatic heterocycles. The van der Waals surface area contributed by atoms with Gasteiger partial charge in [0.15, 0.2) is 6.04 Å². The molecule has 1 unspecified atom stereocenters. The largest absolute Gasteiger partial charge is 0.497 e. The van der Waals surface area contributed by atoms with Gasteiger partial charge >= 0.3 is 5.97 Å². The van der Waals surface area contributed by atoms with Crippen LogP contribution in [0, 0.1) is 0 Å². The number of hydrogen-bond acceptors (Lipinski definition) is 5. The van der Waals surface area contributed by atoms with Gasteiger partial charge in [0.25, 0.3) is 0 Å². The van der Waals surface area contributed by atoms with Crippen LogP contribution in [0.5, 0.6) is 5.75 Å². The Morgan fingerprint density at radius 1 is 1.21 bits per heavy atom. The number of hydrogen-bond donors (Lipinski definition) is 2. The van der Waals surface area contributed by atoms with E-state index in [2.05, 4.69) is 10.3 Å². The van der Waals surface area contributed by atoms with Crippen molar-refractivity contribution in [3.63, 3.8) is 0 Å². The van der Waals surface area contributed by atoms with Gasteiger partial charge < -0.3 is 19.7 Å². The average Bonchev–Trinajstić information content (AvgIpc) is 3.03. The highest BCUT2D eigenvalue weighted by molar-refractivity contribution is 7.97. The van der Waals surface area contributed by atoms with E-state index in [4.69, 9.17) is 4.74 Å². The molecule has 2 aromatic carbocycles. The van der Waals surface area contributed by atoms with Gasteiger partial charge in [0.1, 0.15) is 18.1 Å². The minimum Gasteiger partial charge on any atom is -0.497 e. The molecule has 0 fully saturated rings. The quantitative estimate of drug-likeness (QED) is 0.605. The Balaban J connectivity index is 1.82. The van der Waals surface area contributed by atoms with Gasteiger partial charge in [0.05, 0.1) is 23.9 Å². The molecule has 28 heavy (non-hydrogen) atoms. The number of nitrogens with zero attached hydrogens (tertiary/aromatic N) is 2. The van der Waals surface area contributed by atoms with E-state index in [9.17, 15) is 14.7 Å². The molecule has 7 nitrogen and oxygen atoms in total. The number of methoxy groups -OCH3 is 1. The summed E-state index contributed by atoms with van der Waals surface area (Å²) in [7, 11) is 1.53. The van der Waals surface area contributed by atoms with E-state index >= 15 is 0 Å². The third-order valence-electron chi connectivity index (χ3n) is 4.31. The molecule has 0 saturated heterocycles. The van der Waals surface area contributed by atoms with E-state index in [0.717, 1.165) is 16.9 Å². The fourth-order valence-corrected chi connectivity index (χ4v) is 3.45. The standard InChI is InChI=1S/C20H21N3O4S/c1-27-14-9-7-13(8-10-14)19(20(25)26)22-18(24)11-23-16-6-4-3-5-15(16)21-17(23)12-28-2/h3-10,19H,11-12H2,1-2H3,(H,22,24)(H,25,26). The number of para-hydroxylation sites is 2. The highest BCUT2D eigenvalue weighted by atomic mass is 32.2. The molecule has 3 rings (SSSR count). The molecule has 1 heterocycles. The number of aliphatic carboxylic acids is 1. The number of carboxylic acid groups (broad SMARTS) is 1. The van der Waals surface area contributed by atoms with Crippen molar-refractivity contribution in [3.05, 3.63) is 59.9 Å². The number of carbonyl (C=O) groups excluding carboxylic acids is 1. The molecule has 0 aliphatic rings. The maximum absolute atomic E-state index is 12.7. The van der Waals surface area contributed by atoms with Crippen molar-refractivity contribution in [3.8, 4) is 5.75 Å². The predicted octanol–water partition coefficient (Wildman–Crippen LogP) is 2.85. The fraction of sp³-hybridized carbons (Fsp3) is 0.250. The number of carboxylic acids is 1. The Bertz CT molecular complexity index is 985. The third kappa shape index (κ3) is 4.28. The van der Waals surface area contributed by atoms with Crippen LogP contribution in [-0.2, 0) is 21.9 Å². The summed E-state index contributed by atoms with van der Waals surface area (Å²) in [5, 5.41) is 12.2. The number of fused-ring (bicyclic) bond motifs is 1. The van der Waals surface area contributed by atoms with E-state index < -0.39 is 17.9 Å². The summed E-state index contributed by atoms with van der Waals surface area (Å²) in [5.41, 5.74) is 2.13. The minimum atomic E-state index is -1.14. The zero-order chi connectivity index (χ0) is 20.1. The summed E-state index contributed by atoms with van der Waals surface area (Å²) < 4.78 is 6.92. The van der Waals surface area contributed by atoms with Crippen LogP contribution in [-0.4, -0.2) is 39.9 Å². The number of nitrogens with one attached hydrogen (secondary N) is 1. The first-order valence-electron chi connectivity index (χ1n) is 8.62. The van der Waals surface area contributed by atoms with Crippen LogP contribution in [0.15, 0.2) is 48.5 Å². The normalized spacial score (nSPS) is 11.9. The van der Waals surface area contributed by atoms with Crippen molar-refractivity contribution in [1.29, 1.82) is 0 Å². The van der Waals surface area contributed by atoms with Crippen molar-refractivity contribution in [2.45, 2.75) is 18.3 Å². The zero-order valence-electron chi connectivity index (χ0n) is 15.6. The number of imidazole rings is 1. The van der Waals surface area contributed by atoms with E-state index in [-0.39, 0.29) is 6.54 Å². The van der Waals surface area contributed by atoms with Gasteiger partial charge in [0, 0.05) is 0 Å². The number of amides is 1. The molecular formula is C20H21N3O4S. The predicted molar refractivity (Wildman–Crippen MR) is 108 cm³/mol. The van der Waals surface area contributed by atoms with Crippen LogP contribution < -0.4 is 10.1 Å². The van der Waals surface area contributed by atoms with Gasteiger partial charge in [-0.15, -0.1) is 0 Å². The summed E-state index contributed by atoms with van der Waals surface area (Å²) in [4.78, 5) is 29.0. The Hall–Kier alpha value is -3.00. The van der Waals surface area contributed by atoms with Gasteiger partial charge in [-0.1, -0.05) is 24.3 Å². The second-order valence-electron chi connectivity index (χ2n) is 6.15. The first-order valence-corrected chi connectivity index (χ1v) is 10.0. The first-order chi connectivity index (χ1) is 13.5. The zero-order valence-corrected chi connectivity index (χ0v) is 16.4. The second-order valence-corrected chi connectivity index (χ2v) is 7.01. The van der Waals surface area contributed by atoms with E-state index in [1.165, 1.54) is 7.11 Å². The smallest absolute Gasteiger partial charge is 0.330 e. The van der Waals surface area contributed by atoms with Crippen molar-refractivity contribution < 1.29 is 19.4 Å². The van der Waals surface area contributed by atoms with Gasteiger partial charge in [-0.25, -0.2) is 9.78 Å². The molecule has 0 aliphatic carbocycles. The van der Waals surface area contributed by atoms with E-state index in [1.807, 2.05) is 35.1 Å². The molecule has 0 spiro atoms. The molecule has 0 aliphatic heterocycles. The first kappa shape index (κ1) is 19.8. The molecule has 0 radical (unpaired) electrons. The summed E-state index contributed by atoms with van der Waals surface area (Å²) >= 11 is 1.61. The number of carbonyl (C=O) groups is 2. The van der Waals surface area contributed by atoms with Gasteiger partial charge in [0.2, 0.25) is 5.91 Å². The van der Waals surface area contributed by atoms with Crippen LogP contribution in [0.2, 0.25) is 0 Å². The molecular weight excluding hydrogens is 378 g/mol. The number of benzene rings is 2. The van der Waals surface area contributed by atoms with Crippen LogP contribution in [0.25, 0.3) is 11.0 Å². The lowest BCUT2D eigenvalue weighted by molar-refractivity contribution is -0.142. The Morgan fingerprint density at radius 3 is 2.57 bits per heavy atom. The van der Waals surface area contributed by atoms with E-state index in [1.54, 1.807) is 36.0 Å². The topological polar surface area (TPSA) is 93.5 Å². The summed E-state index contributed by atoms with van der Waals surface area (Å²) in [6.07, 6.45) is 1.97. The van der Waals surface area contributed by atoms with Crippen molar-refractivity contribution in [2.24, 2.45) is 0 Å². The van der Waals surface area contributed by atoms with Gasteiger partial charge in [-0.2, -0.15) is 11.8 Å². The highest BCUT2D eigenvalue weighted by Crippen LogP contribution is 2.20. The van der Waals surface area contributed by atoms with Crippen LogP contribution in [0.3, 0.4) is 0 Å². The molecule has 1 amide bonds. The molecule has 3 aromatic rings. The summed E-state index contributed by atoms with van der Waals surface area (Å²) in [6.45, 7) is -0.00363. The highest BCUT2D eigenvalue weighted by Gasteiger charge is 2.23. The lowest BCUT2D eigenvalue weighted by Gasteiger charge is -2.16.